The van der Waals surface area contributed by atoms with Crippen LogP contribution in [0, 0.1) is 0 Å². The van der Waals surface area contributed by atoms with Crippen molar-refractivity contribution in [2.75, 3.05) is 0 Å². The summed E-state index contributed by atoms with van der Waals surface area (Å²) in [5.41, 5.74) is -0.454. The van der Waals surface area contributed by atoms with Crippen molar-refractivity contribution >= 4 is 22.3 Å². The van der Waals surface area contributed by atoms with Crippen molar-refractivity contribution in [1.29, 1.82) is 0 Å². The number of hydrogen-bond donors (Lipinski definition) is 3. The number of benzene rings is 1. The zero-order chi connectivity index (χ0) is 14.3. The summed E-state index contributed by atoms with van der Waals surface area (Å²) in [7, 11) is -4.72. The van der Waals surface area contributed by atoms with Gasteiger partial charge in [-0.25, -0.2) is 0 Å². The highest BCUT2D eigenvalue weighted by atomic mass is 32.3. The van der Waals surface area contributed by atoms with E-state index in [1.165, 1.54) is 12.1 Å². The van der Waals surface area contributed by atoms with Gasteiger partial charge in [-0.05, 0) is 19.1 Å². The maximum atomic E-state index is 10.4. The number of rotatable bonds is 3. The molecule has 1 rings (SSSR count). The molecule has 0 aliphatic heterocycles. The Morgan fingerprint density at radius 3 is 1.90 bits per heavy atom. The van der Waals surface area contributed by atoms with Crippen molar-refractivity contribution in [3.8, 4) is 5.75 Å². The molecule has 9 N–H and O–H groups in total. The Balaban J connectivity index is -0.000000429. The van der Waals surface area contributed by atoms with Crippen molar-refractivity contribution in [2.45, 2.75) is 6.92 Å². The van der Waals surface area contributed by atoms with Gasteiger partial charge in [0.2, 0.25) is 0 Å². The normalized spacial score (nSPS) is 8.90. The molecule has 1 aromatic carbocycles. The molecule has 0 bridgehead atoms. The second kappa shape index (κ2) is 9.69. The fourth-order valence-corrected chi connectivity index (χ4v) is 1.19. The van der Waals surface area contributed by atoms with E-state index >= 15 is 0 Å². The number of aliphatic carboxylic acids is 1. The summed E-state index contributed by atoms with van der Waals surface area (Å²) >= 11 is 0. The van der Waals surface area contributed by atoms with Crippen molar-refractivity contribution in [2.24, 2.45) is 0 Å². The lowest BCUT2D eigenvalue weighted by atomic mass is 10.2. The Bertz CT molecular complexity index is 539. The first-order chi connectivity index (χ1) is 8.13. The highest BCUT2D eigenvalue weighted by Gasteiger charge is 2.11. The van der Waals surface area contributed by atoms with E-state index in [4.69, 9.17) is 14.5 Å². The topological polar surface area (TPSA) is 217 Å². The van der Waals surface area contributed by atoms with Gasteiger partial charge in [-0.2, -0.15) is 8.42 Å². The number of aromatic carboxylic acids is 1. The minimum absolute atomic E-state index is 0. The SMILES string of the molecule is CC(=O)[O-].O=C([O-])c1ccccc1OS(=O)(=O)O.[NH4+].[NH4+]. The molecule has 0 amide bonds. The maximum Gasteiger partial charge on any atom is 0.446 e. The Hall–Kier alpha value is -2.21. The Kier molecular flexibility index (Phi) is 11.1. The number of para-hydroxylation sites is 1. The third kappa shape index (κ3) is 10.9. The molecule has 0 heterocycles. The van der Waals surface area contributed by atoms with E-state index in [1.807, 2.05) is 0 Å². The van der Waals surface area contributed by atoms with Crippen LogP contribution in [0.15, 0.2) is 24.3 Å². The number of quaternary nitrogens is 2. The molecule has 20 heavy (non-hydrogen) atoms. The molecular formula is C9H16N2O8S. The molecule has 0 aromatic heterocycles. The minimum atomic E-state index is -4.72. The number of carbonyl (C=O) groups is 2. The van der Waals surface area contributed by atoms with Crippen LogP contribution in [-0.4, -0.2) is 24.9 Å². The molecule has 0 fully saturated rings. The van der Waals surface area contributed by atoms with Crippen LogP contribution in [0.2, 0.25) is 0 Å². The van der Waals surface area contributed by atoms with Crippen molar-refractivity contribution < 1.29 is 37.0 Å². The van der Waals surface area contributed by atoms with Gasteiger partial charge in [-0.15, -0.1) is 0 Å². The van der Waals surface area contributed by atoms with Gasteiger partial charge in [0, 0.05) is 11.5 Å². The first-order valence-corrected chi connectivity index (χ1v) is 5.65. The van der Waals surface area contributed by atoms with Crippen molar-refractivity contribution in [3.05, 3.63) is 29.8 Å². The van der Waals surface area contributed by atoms with Gasteiger partial charge in [0.15, 0.2) is 5.75 Å². The van der Waals surface area contributed by atoms with Gasteiger partial charge in [-0.3, -0.25) is 4.55 Å². The van der Waals surface area contributed by atoms with Crippen molar-refractivity contribution in [1.82, 2.24) is 12.3 Å². The van der Waals surface area contributed by atoms with Gasteiger partial charge in [0.1, 0.15) is 0 Å². The number of hydrogen-bond acceptors (Lipinski definition) is 7. The van der Waals surface area contributed by atoms with Crippen LogP contribution in [0.25, 0.3) is 0 Å². The summed E-state index contributed by atoms with van der Waals surface area (Å²) < 4.78 is 32.9. The molecule has 0 saturated carbocycles. The first-order valence-electron chi connectivity index (χ1n) is 4.28. The second-order valence-corrected chi connectivity index (χ2v) is 3.81. The summed E-state index contributed by atoms with van der Waals surface area (Å²) in [4.78, 5) is 19.3. The van der Waals surface area contributed by atoms with Gasteiger partial charge >= 0.3 is 10.4 Å². The molecule has 0 aliphatic carbocycles. The Morgan fingerprint density at radius 2 is 1.55 bits per heavy atom. The molecule has 0 saturated heterocycles. The zero-order valence-electron chi connectivity index (χ0n) is 11.0. The molecule has 10 nitrogen and oxygen atoms in total. The van der Waals surface area contributed by atoms with E-state index in [0.717, 1.165) is 19.1 Å². The van der Waals surface area contributed by atoms with Crippen LogP contribution >= 0.6 is 0 Å². The minimum Gasteiger partial charge on any atom is -0.550 e. The molecule has 0 atom stereocenters. The van der Waals surface area contributed by atoms with E-state index in [0.29, 0.717) is 0 Å². The highest BCUT2D eigenvalue weighted by Crippen LogP contribution is 2.18. The average molecular weight is 312 g/mol. The van der Waals surface area contributed by atoms with Gasteiger partial charge < -0.3 is 36.3 Å². The predicted molar refractivity (Wildman–Crippen MR) is 65.6 cm³/mol. The molecule has 0 spiro atoms. The molecular weight excluding hydrogens is 296 g/mol. The summed E-state index contributed by atoms with van der Waals surface area (Å²) in [5.74, 6) is -3.17. The van der Waals surface area contributed by atoms with E-state index < -0.39 is 33.7 Å². The number of carboxylic acid groups (broad SMARTS) is 2. The summed E-state index contributed by atoms with van der Waals surface area (Å²) in [6.45, 7) is 0.972. The van der Waals surface area contributed by atoms with Gasteiger partial charge in [0.05, 0.1) is 5.97 Å². The average Bonchev–Trinajstić information content (AvgIpc) is 2.14. The molecule has 116 valence electrons. The van der Waals surface area contributed by atoms with Crippen LogP contribution in [0.4, 0.5) is 0 Å². The summed E-state index contributed by atoms with van der Waals surface area (Å²) in [6, 6.07) is 4.89. The fourth-order valence-electron chi connectivity index (χ4n) is 0.821. The van der Waals surface area contributed by atoms with Crippen molar-refractivity contribution in [3.63, 3.8) is 0 Å². The predicted octanol–water partition coefficient (Wildman–Crippen LogP) is -1.26. The van der Waals surface area contributed by atoms with Crippen LogP contribution in [-0.2, 0) is 15.2 Å². The van der Waals surface area contributed by atoms with Crippen LogP contribution in [0.5, 0.6) is 5.75 Å². The van der Waals surface area contributed by atoms with Crippen LogP contribution in [0.1, 0.15) is 17.3 Å². The summed E-state index contributed by atoms with van der Waals surface area (Å²) in [6.07, 6.45) is 0. The van der Waals surface area contributed by atoms with E-state index in [2.05, 4.69) is 4.18 Å². The molecule has 0 aliphatic rings. The molecule has 11 heteroatoms. The monoisotopic (exact) mass is 312 g/mol. The lowest BCUT2D eigenvalue weighted by Crippen LogP contribution is -2.23. The Morgan fingerprint density at radius 1 is 1.15 bits per heavy atom. The molecule has 0 unspecified atom stereocenters. The highest BCUT2D eigenvalue weighted by molar-refractivity contribution is 7.81. The second-order valence-electron chi connectivity index (χ2n) is 2.79. The third-order valence-electron chi connectivity index (χ3n) is 1.30. The number of carboxylic acids is 2. The van der Waals surface area contributed by atoms with Gasteiger partial charge in [-0.1, -0.05) is 12.1 Å². The lowest BCUT2D eigenvalue weighted by molar-refractivity contribution is -0.302. The standard InChI is InChI=1S/C7H6O6S.C2H4O2.2H3N/c8-7(9)5-3-1-2-4-6(5)13-14(10,11)12;1-2(3)4;;/h1-4H,(H,8,9)(H,10,11,12);1H3,(H,3,4);2*1H3. The van der Waals surface area contributed by atoms with Gasteiger partial charge in [0.25, 0.3) is 0 Å². The first kappa shape index (κ1) is 22.9. The number of carbonyl (C=O) groups excluding carboxylic acids is 2. The van der Waals surface area contributed by atoms with E-state index in [1.54, 1.807) is 0 Å². The summed E-state index contributed by atoms with van der Waals surface area (Å²) in [5, 5.41) is 19.3. The maximum absolute atomic E-state index is 10.4. The zero-order valence-corrected chi connectivity index (χ0v) is 11.8. The van der Waals surface area contributed by atoms with E-state index in [-0.39, 0.29) is 12.3 Å². The van der Waals surface area contributed by atoms with E-state index in [9.17, 15) is 18.3 Å². The largest absolute Gasteiger partial charge is 0.550 e. The van der Waals surface area contributed by atoms with Crippen LogP contribution < -0.4 is 26.7 Å². The fraction of sp³-hybridized carbons (Fsp3) is 0.111. The molecule has 0 radical (unpaired) electrons. The van der Waals surface area contributed by atoms with Crippen LogP contribution in [0.3, 0.4) is 0 Å². The quantitative estimate of drug-likeness (QED) is 0.570. The molecule has 1 aromatic rings. The smallest absolute Gasteiger partial charge is 0.446 e. The lowest BCUT2D eigenvalue weighted by Gasteiger charge is -2.08. The third-order valence-corrected chi connectivity index (χ3v) is 1.69. The Labute approximate surface area is 115 Å².